The molecule has 2 aromatic rings. The van der Waals surface area contributed by atoms with Gasteiger partial charge in [-0.1, -0.05) is 0 Å². The van der Waals surface area contributed by atoms with Gasteiger partial charge in [0.25, 0.3) is 5.91 Å². The number of benzene rings is 1. The number of rotatable bonds is 3. The maximum atomic E-state index is 13.7. The molecule has 102 valence electrons. The quantitative estimate of drug-likeness (QED) is 0.837. The largest absolute Gasteiger partial charge is 0.366 e. The smallest absolute Gasteiger partial charge is 0.258 e. The van der Waals surface area contributed by atoms with Gasteiger partial charge in [-0.15, -0.1) is 0 Å². The number of amides is 2. The molecule has 0 spiro atoms. The lowest BCUT2D eigenvalue weighted by Gasteiger charge is -2.06. The molecule has 3 N–H and O–H groups in total. The number of hydrogen-bond acceptors (Lipinski definition) is 3. The van der Waals surface area contributed by atoms with E-state index in [9.17, 15) is 18.4 Å². The predicted molar refractivity (Wildman–Crippen MR) is 67.1 cm³/mol. The van der Waals surface area contributed by atoms with Crippen molar-refractivity contribution in [2.45, 2.75) is 0 Å². The second kappa shape index (κ2) is 5.43. The number of nitrogens with two attached hydrogens (primary N) is 1. The Balaban J connectivity index is 2.21. The molecule has 7 heteroatoms. The zero-order chi connectivity index (χ0) is 14.7. The van der Waals surface area contributed by atoms with Gasteiger partial charge in [-0.25, -0.2) is 9.37 Å². The minimum Gasteiger partial charge on any atom is -0.366 e. The molecule has 2 amide bonds. The summed E-state index contributed by atoms with van der Waals surface area (Å²) in [5, 5.41) is 2.35. The van der Waals surface area contributed by atoms with Gasteiger partial charge < -0.3 is 11.1 Å². The summed E-state index contributed by atoms with van der Waals surface area (Å²) in [6.45, 7) is 0. The number of hydrogen-bond donors (Lipinski definition) is 2. The fourth-order valence-corrected chi connectivity index (χ4v) is 1.50. The third-order valence-corrected chi connectivity index (χ3v) is 2.48. The molecule has 0 radical (unpaired) electrons. The van der Waals surface area contributed by atoms with E-state index in [2.05, 4.69) is 10.3 Å². The normalized spacial score (nSPS) is 10.1. The molecule has 1 aromatic heterocycles. The lowest BCUT2D eigenvalue weighted by molar-refractivity contribution is 0.0993. The number of carbonyl (C=O) groups excluding carboxylic acids is 2. The van der Waals surface area contributed by atoms with E-state index in [1.54, 1.807) is 0 Å². The molecular formula is C13H9F2N3O2. The predicted octanol–water partition coefficient (Wildman–Crippen LogP) is 1.71. The number of carbonyl (C=O) groups is 2. The number of nitrogens with one attached hydrogen (secondary N) is 1. The second-order valence-corrected chi connectivity index (χ2v) is 3.88. The Kier molecular flexibility index (Phi) is 3.69. The fraction of sp³-hybridized carbons (Fsp3) is 0. The van der Waals surface area contributed by atoms with Crippen LogP contribution in [0.5, 0.6) is 0 Å². The lowest BCUT2D eigenvalue weighted by Crippen LogP contribution is -2.16. The van der Waals surface area contributed by atoms with E-state index in [0.29, 0.717) is 0 Å². The Morgan fingerprint density at radius 1 is 1.15 bits per heavy atom. The van der Waals surface area contributed by atoms with E-state index in [0.717, 1.165) is 24.4 Å². The van der Waals surface area contributed by atoms with Crippen molar-refractivity contribution in [2.75, 3.05) is 5.32 Å². The highest BCUT2D eigenvalue weighted by atomic mass is 19.1. The van der Waals surface area contributed by atoms with Crippen LogP contribution in [0.15, 0.2) is 36.5 Å². The Morgan fingerprint density at radius 2 is 1.90 bits per heavy atom. The van der Waals surface area contributed by atoms with Crippen LogP contribution in [0.1, 0.15) is 20.7 Å². The molecular weight excluding hydrogens is 268 g/mol. The first kappa shape index (κ1) is 13.6. The van der Waals surface area contributed by atoms with Gasteiger partial charge in [0.2, 0.25) is 11.9 Å². The first-order valence-corrected chi connectivity index (χ1v) is 5.49. The topological polar surface area (TPSA) is 85.1 Å². The van der Waals surface area contributed by atoms with Crippen molar-refractivity contribution in [3.8, 4) is 0 Å². The van der Waals surface area contributed by atoms with Gasteiger partial charge in [0.05, 0.1) is 17.4 Å². The average molecular weight is 277 g/mol. The first-order chi connectivity index (χ1) is 9.47. The fourth-order valence-electron chi connectivity index (χ4n) is 1.50. The van der Waals surface area contributed by atoms with Crippen molar-refractivity contribution in [3.63, 3.8) is 0 Å². The summed E-state index contributed by atoms with van der Waals surface area (Å²) in [7, 11) is 0. The SMILES string of the molecule is NC(=O)c1ccc(C(=O)Nc2ccc(F)nc2)c(F)c1. The highest BCUT2D eigenvalue weighted by Gasteiger charge is 2.14. The molecule has 0 bridgehead atoms. The molecule has 0 saturated heterocycles. The summed E-state index contributed by atoms with van der Waals surface area (Å²) in [6, 6.07) is 5.60. The van der Waals surface area contributed by atoms with Gasteiger partial charge in [0, 0.05) is 5.56 Å². The van der Waals surface area contributed by atoms with Gasteiger partial charge in [0.15, 0.2) is 0 Å². The molecule has 5 nitrogen and oxygen atoms in total. The minimum atomic E-state index is -0.881. The van der Waals surface area contributed by atoms with E-state index >= 15 is 0 Å². The summed E-state index contributed by atoms with van der Waals surface area (Å²) in [6.07, 6.45) is 1.10. The third kappa shape index (κ3) is 2.94. The van der Waals surface area contributed by atoms with Crippen molar-refractivity contribution >= 4 is 17.5 Å². The molecule has 0 unspecified atom stereocenters. The van der Waals surface area contributed by atoms with Gasteiger partial charge >= 0.3 is 0 Å². The molecule has 0 aliphatic heterocycles. The highest BCUT2D eigenvalue weighted by molar-refractivity contribution is 6.05. The van der Waals surface area contributed by atoms with Gasteiger partial charge in [0.1, 0.15) is 5.82 Å². The van der Waals surface area contributed by atoms with Gasteiger partial charge in [-0.05, 0) is 30.3 Å². The van der Waals surface area contributed by atoms with Gasteiger partial charge in [-0.3, -0.25) is 9.59 Å². The van der Waals surface area contributed by atoms with Crippen LogP contribution in [0.2, 0.25) is 0 Å². The molecule has 1 heterocycles. The van der Waals surface area contributed by atoms with Crippen LogP contribution in [-0.4, -0.2) is 16.8 Å². The number of halogens is 2. The van der Waals surface area contributed by atoms with Crippen LogP contribution in [-0.2, 0) is 0 Å². The summed E-state index contributed by atoms with van der Waals surface area (Å²) in [5.74, 6) is -3.11. The van der Waals surface area contributed by atoms with Crippen molar-refractivity contribution in [1.29, 1.82) is 0 Å². The number of anilines is 1. The Labute approximate surface area is 112 Å². The van der Waals surface area contributed by atoms with Crippen molar-refractivity contribution in [2.24, 2.45) is 5.73 Å². The molecule has 0 fully saturated rings. The number of nitrogens with zero attached hydrogens (tertiary/aromatic N) is 1. The summed E-state index contributed by atoms with van der Waals surface area (Å²) in [4.78, 5) is 26.0. The molecule has 0 aliphatic rings. The Bertz CT molecular complexity index is 672. The Morgan fingerprint density at radius 3 is 2.45 bits per heavy atom. The number of pyridine rings is 1. The van der Waals surface area contributed by atoms with E-state index < -0.39 is 23.6 Å². The van der Waals surface area contributed by atoms with Crippen molar-refractivity contribution in [1.82, 2.24) is 4.98 Å². The van der Waals surface area contributed by atoms with Crippen LogP contribution in [0.25, 0.3) is 0 Å². The van der Waals surface area contributed by atoms with E-state index in [-0.39, 0.29) is 16.8 Å². The monoisotopic (exact) mass is 277 g/mol. The van der Waals surface area contributed by atoms with Crippen LogP contribution < -0.4 is 11.1 Å². The molecule has 0 aliphatic carbocycles. The molecule has 20 heavy (non-hydrogen) atoms. The zero-order valence-corrected chi connectivity index (χ0v) is 10.1. The molecule has 0 atom stereocenters. The van der Waals surface area contributed by atoms with Crippen LogP contribution >= 0.6 is 0 Å². The lowest BCUT2D eigenvalue weighted by atomic mass is 10.1. The summed E-state index contributed by atoms with van der Waals surface area (Å²) >= 11 is 0. The minimum absolute atomic E-state index is 0.0394. The maximum absolute atomic E-state index is 13.7. The van der Waals surface area contributed by atoms with E-state index in [4.69, 9.17) is 5.73 Å². The van der Waals surface area contributed by atoms with Gasteiger partial charge in [-0.2, -0.15) is 4.39 Å². The first-order valence-electron chi connectivity index (χ1n) is 5.49. The summed E-state index contributed by atoms with van der Waals surface area (Å²) in [5.41, 5.74) is 4.91. The van der Waals surface area contributed by atoms with Crippen LogP contribution in [0.3, 0.4) is 0 Å². The molecule has 1 aromatic carbocycles. The van der Waals surface area contributed by atoms with E-state index in [1.807, 2.05) is 0 Å². The standard InChI is InChI=1S/C13H9F2N3O2/c14-10-5-7(12(16)19)1-3-9(10)13(20)18-8-2-4-11(15)17-6-8/h1-6H,(H2,16,19)(H,18,20). The zero-order valence-electron chi connectivity index (χ0n) is 10.1. The van der Waals surface area contributed by atoms with Crippen LogP contribution in [0.4, 0.5) is 14.5 Å². The van der Waals surface area contributed by atoms with Crippen molar-refractivity contribution < 1.29 is 18.4 Å². The summed E-state index contributed by atoms with van der Waals surface area (Å²) < 4.78 is 26.3. The van der Waals surface area contributed by atoms with E-state index in [1.165, 1.54) is 12.1 Å². The second-order valence-electron chi connectivity index (χ2n) is 3.88. The Hall–Kier alpha value is -2.83. The maximum Gasteiger partial charge on any atom is 0.258 e. The molecule has 2 rings (SSSR count). The third-order valence-electron chi connectivity index (χ3n) is 2.48. The average Bonchev–Trinajstić information content (AvgIpc) is 2.41. The van der Waals surface area contributed by atoms with Crippen LogP contribution in [0, 0.1) is 11.8 Å². The number of aromatic nitrogens is 1. The van der Waals surface area contributed by atoms with Crippen molar-refractivity contribution in [3.05, 3.63) is 59.4 Å². The number of primary amides is 1. The molecule has 0 saturated carbocycles. The highest BCUT2D eigenvalue weighted by Crippen LogP contribution is 2.13.